The van der Waals surface area contributed by atoms with Crippen LogP contribution in [0.4, 0.5) is 0 Å². The topological polar surface area (TPSA) is 40.5 Å². The van der Waals surface area contributed by atoms with Crippen LogP contribution >= 0.6 is 0 Å². The summed E-state index contributed by atoms with van der Waals surface area (Å²) in [5.41, 5.74) is 0. The van der Waals surface area contributed by atoms with Crippen molar-refractivity contribution < 1.29 is 9.90 Å². The SMILES string of the molecule is CC1CCC(=O)C(CN(C)C2CCCCC2O)C1. The molecule has 2 saturated carbocycles. The van der Waals surface area contributed by atoms with Gasteiger partial charge in [-0.2, -0.15) is 0 Å². The fourth-order valence-corrected chi connectivity index (χ4v) is 3.59. The van der Waals surface area contributed by atoms with Gasteiger partial charge in [-0.05, 0) is 38.6 Å². The number of aliphatic hydroxyl groups is 1. The Labute approximate surface area is 111 Å². The number of ketones is 1. The maximum absolute atomic E-state index is 12.0. The Morgan fingerprint density at radius 3 is 2.72 bits per heavy atom. The summed E-state index contributed by atoms with van der Waals surface area (Å²) in [6.07, 6.45) is 7.01. The van der Waals surface area contributed by atoms with Crippen LogP contribution in [0.25, 0.3) is 0 Å². The molecule has 3 nitrogen and oxygen atoms in total. The smallest absolute Gasteiger partial charge is 0.137 e. The van der Waals surface area contributed by atoms with E-state index in [1.54, 1.807) is 0 Å². The van der Waals surface area contributed by atoms with Crippen molar-refractivity contribution in [3.05, 3.63) is 0 Å². The third kappa shape index (κ3) is 3.33. The molecule has 4 atom stereocenters. The molecule has 0 saturated heterocycles. The van der Waals surface area contributed by atoms with E-state index < -0.39 is 0 Å². The Kier molecular flexibility index (Phi) is 4.79. The van der Waals surface area contributed by atoms with Crippen molar-refractivity contribution in [1.29, 1.82) is 0 Å². The molecular formula is C15H27NO2. The highest BCUT2D eigenvalue weighted by Gasteiger charge is 2.32. The molecule has 0 aromatic carbocycles. The third-order valence-corrected chi connectivity index (χ3v) is 4.79. The number of carbonyl (C=O) groups excluding carboxylic acids is 1. The first-order chi connectivity index (χ1) is 8.58. The number of hydrogen-bond acceptors (Lipinski definition) is 3. The lowest BCUT2D eigenvalue weighted by atomic mass is 9.80. The van der Waals surface area contributed by atoms with Crippen molar-refractivity contribution in [2.45, 2.75) is 64.0 Å². The van der Waals surface area contributed by atoms with Gasteiger partial charge in [0, 0.05) is 24.9 Å². The Morgan fingerprint density at radius 1 is 1.28 bits per heavy atom. The number of rotatable bonds is 3. The van der Waals surface area contributed by atoms with Crippen LogP contribution in [0.1, 0.15) is 51.9 Å². The highest BCUT2D eigenvalue weighted by molar-refractivity contribution is 5.81. The summed E-state index contributed by atoms with van der Waals surface area (Å²) < 4.78 is 0. The van der Waals surface area contributed by atoms with Gasteiger partial charge in [0.15, 0.2) is 0 Å². The molecule has 1 N–H and O–H groups in total. The zero-order valence-corrected chi connectivity index (χ0v) is 11.8. The summed E-state index contributed by atoms with van der Waals surface area (Å²) in [6.45, 7) is 3.08. The fourth-order valence-electron chi connectivity index (χ4n) is 3.59. The number of likely N-dealkylation sites (N-methyl/N-ethyl adjacent to an activating group) is 1. The lowest BCUT2D eigenvalue weighted by Crippen LogP contribution is -2.46. The first kappa shape index (κ1) is 14.0. The van der Waals surface area contributed by atoms with Crippen molar-refractivity contribution in [2.24, 2.45) is 11.8 Å². The Balaban J connectivity index is 1.89. The van der Waals surface area contributed by atoms with E-state index in [1.165, 1.54) is 6.42 Å². The molecular weight excluding hydrogens is 226 g/mol. The molecule has 0 spiro atoms. The monoisotopic (exact) mass is 253 g/mol. The van der Waals surface area contributed by atoms with Crippen molar-refractivity contribution in [3.63, 3.8) is 0 Å². The van der Waals surface area contributed by atoms with Crippen LogP contribution in [-0.2, 0) is 4.79 Å². The minimum Gasteiger partial charge on any atom is -0.391 e. The number of aliphatic hydroxyl groups excluding tert-OH is 1. The normalized spacial score (nSPS) is 38.1. The molecule has 18 heavy (non-hydrogen) atoms. The van der Waals surface area contributed by atoms with Crippen LogP contribution in [0.3, 0.4) is 0 Å². The minimum absolute atomic E-state index is 0.195. The summed E-state index contributed by atoms with van der Waals surface area (Å²) in [4.78, 5) is 14.2. The molecule has 0 aliphatic heterocycles. The maximum atomic E-state index is 12.0. The molecule has 0 radical (unpaired) electrons. The van der Waals surface area contributed by atoms with Gasteiger partial charge in [0.05, 0.1) is 6.10 Å². The van der Waals surface area contributed by atoms with Gasteiger partial charge in [0.2, 0.25) is 0 Å². The molecule has 3 heteroatoms. The van der Waals surface area contributed by atoms with Gasteiger partial charge in [-0.25, -0.2) is 0 Å². The second kappa shape index (κ2) is 6.16. The molecule has 104 valence electrons. The van der Waals surface area contributed by atoms with Gasteiger partial charge in [0.1, 0.15) is 5.78 Å². The number of carbonyl (C=O) groups is 1. The zero-order valence-electron chi connectivity index (χ0n) is 11.8. The van der Waals surface area contributed by atoms with E-state index in [0.29, 0.717) is 11.7 Å². The molecule has 4 unspecified atom stereocenters. The summed E-state index contributed by atoms with van der Waals surface area (Å²) in [7, 11) is 2.08. The summed E-state index contributed by atoms with van der Waals surface area (Å²) >= 11 is 0. The predicted octanol–water partition coefficient (Wildman–Crippen LogP) is 2.23. The molecule has 2 rings (SSSR count). The van der Waals surface area contributed by atoms with Crippen LogP contribution in [0.2, 0.25) is 0 Å². The van der Waals surface area contributed by atoms with Gasteiger partial charge in [-0.3, -0.25) is 4.79 Å². The van der Waals surface area contributed by atoms with Crippen molar-refractivity contribution in [1.82, 2.24) is 4.90 Å². The highest BCUT2D eigenvalue weighted by atomic mass is 16.3. The van der Waals surface area contributed by atoms with E-state index in [1.807, 2.05) is 0 Å². The number of nitrogens with zero attached hydrogens (tertiary/aromatic N) is 1. The van der Waals surface area contributed by atoms with E-state index >= 15 is 0 Å². The average molecular weight is 253 g/mol. The van der Waals surface area contributed by atoms with Crippen LogP contribution in [0.5, 0.6) is 0 Å². The average Bonchev–Trinajstić information content (AvgIpc) is 2.34. The van der Waals surface area contributed by atoms with Crippen LogP contribution in [-0.4, -0.2) is 41.5 Å². The summed E-state index contributed by atoms with van der Waals surface area (Å²) in [5, 5.41) is 10.1. The molecule has 0 aromatic heterocycles. The quantitative estimate of drug-likeness (QED) is 0.838. The standard InChI is InChI=1S/C15H27NO2/c1-11-7-8-14(17)12(9-11)10-16(2)13-5-3-4-6-15(13)18/h11-13,15,18H,3-10H2,1-2H3. The lowest BCUT2D eigenvalue weighted by molar-refractivity contribution is -0.126. The highest BCUT2D eigenvalue weighted by Crippen LogP contribution is 2.29. The Hall–Kier alpha value is -0.410. The molecule has 2 aliphatic rings. The number of Topliss-reactive ketones (excluding diaryl/α,β-unsaturated/α-hetero) is 1. The molecule has 0 aromatic rings. The second-order valence-electron chi connectivity index (χ2n) is 6.40. The van der Waals surface area contributed by atoms with Gasteiger partial charge in [0.25, 0.3) is 0 Å². The van der Waals surface area contributed by atoms with E-state index in [9.17, 15) is 9.90 Å². The molecule has 0 amide bonds. The van der Waals surface area contributed by atoms with Crippen molar-refractivity contribution in [3.8, 4) is 0 Å². The van der Waals surface area contributed by atoms with Gasteiger partial charge >= 0.3 is 0 Å². The van der Waals surface area contributed by atoms with Crippen molar-refractivity contribution in [2.75, 3.05) is 13.6 Å². The van der Waals surface area contributed by atoms with E-state index in [-0.39, 0.29) is 18.1 Å². The molecule has 2 fully saturated rings. The van der Waals surface area contributed by atoms with E-state index in [0.717, 1.165) is 45.1 Å². The predicted molar refractivity (Wildman–Crippen MR) is 72.4 cm³/mol. The first-order valence-corrected chi connectivity index (χ1v) is 7.49. The Morgan fingerprint density at radius 2 is 2.00 bits per heavy atom. The lowest BCUT2D eigenvalue weighted by Gasteiger charge is -2.38. The van der Waals surface area contributed by atoms with Crippen LogP contribution < -0.4 is 0 Å². The molecule has 0 heterocycles. The van der Waals surface area contributed by atoms with E-state index in [4.69, 9.17) is 0 Å². The van der Waals surface area contributed by atoms with Gasteiger partial charge in [-0.15, -0.1) is 0 Å². The third-order valence-electron chi connectivity index (χ3n) is 4.79. The largest absolute Gasteiger partial charge is 0.391 e. The molecule has 2 aliphatic carbocycles. The Bertz CT molecular complexity index is 292. The first-order valence-electron chi connectivity index (χ1n) is 7.49. The minimum atomic E-state index is -0.195. The summed E-state index contributed by atoms with van der Waals surface area (Å²) in [5.74, 6) is 1.32. The fraction of sp³-hybridized carbons (Fsp3) is 0.933. The number of hydrogen-bond donors (Lipinski definition) is 1. The molecule has 0 bridgehead atoms. The van der Waals surface area contributed by atoms with Crippen LogP contribution in [0.15, 0.2) is 0 Å². The van der Waals surface area contributed by atoms with Crippen molar-refractivity contribution >= 4 is 5.78 Å². The van der Waals surface area contributed by atoms with Gasteiger partial charge in [-0.1, -0.05) is 19.8 Å². The zero-order chi connectivity index (χ0) is 13.1. The maximum Gasteiger partial charge on any atom is 0.137 e. The summed E-state index contributed by atoms with van der Waals surface area (Å²) in [6, 6.07) is 0.267. The van der Waals surface area contributed by atoms with E-state index in [2.05, 4.69) is 18.9 Å². The van der Waals surface area contributed by atoms with Crippen LogP contribution in [0, 0.1) is 11.8 Å². The van der Waals surface area contributed by atoms with Gasteiger partial charge < -0.3 is 10.0 Å². The second-order valence-corrected chi connectivity index (χ2v) is 6.40.